The van der Waals surface area contributed by atoms with Crippen LogP contribution < -0.4 is 10.6 Å². The van der Waals surface area contributed by atoms with Crippen LogP contribution in [0.15, 0.2) is 18.2 Å². The lowest BCUT2D eigenvalue weighted by molar-refractivity contribution is 0.719. The Morgan fingerprint density at radius 2 is 2.00 bits per heavy atom. The molecule has 1 aromatic rings. The van der Waals surface area contributed by atoms with Gasteiger partial charge in [0, 0.05) is 19.1 Å². The normalized spacial score (nSPS) is 19.4. The van der Waals surface area contributed by atoms with Crippen molar-refractivity contribution in [2.75, 3.05) is 11.4 Å². The highest BCUT2D eigenvalue weighted by atomic mass is 35.5. The zero-order chi connectivity index (χ0) is 11.8. The molecule has 2 fully saturated rings. The van der Waals surface area contributed by atoms with E-state index in [0.717, 1.165) is 22.5 Å². The molecule has 2 aliphatic carbocycles. The molecule has 92 valence electrons. The SMILES string of the molecule is NCc1ccc(N(CC2CC2)C2CC2)c(Cl)c1. The number of hydrogen-bond acceptors (Lipinski definition) is 2. The molecule has 0 spiro atoms. The van der Waals surface area contributed by atoms with Crippen molar-refractivity contribution in [1.82, 2.24) is 0 Å². The first-order valence-electron chi connectivity index (χ1n) is 6.53. The highest BCUT2D eigenvalue weighted by Gasteiger charge is 2.34. The average molecular weight is 251 g/mol. The molecule has 0 heterocycles. The van der Waals surface area contributed by atoms with Crippen LogP contribution in [-0.4, -0.2) is 12.6 Å². The predicted molar refractivity (Wildman–Crippen MR) is 72.4 cm³/mol. The molecule has 0 aliphatic heterocycles. The molecule has 2 N–H and O–H groups in total. The van der Waals surface area contributed by atoms with E-state index >= 15 is 0 Å². The Hall–Kier alpha value is -0.730. The predicted octanol–water partition coefficient (Wildman–Crippen LogP) is 3.18. The van der Waals surface area contributed by atoms with Crippen molar-refractivity contribution in [1.29, 1.82) is 0 Å². The van der Waals surface area contributed by atoms with Crippen molar-refractivity contribution in [2.45, 2.75) is 38.3 Å². The van der Waals surface area contributed by atoms with E-state index in [1.54, 1.807) is 0 Å². The number of benzene rings is 1. The van der Waals surface area contributed by atoms with Crippen LogP contribution in [0.2, 0.25) is 5.02 Å². The Kier molecular flexibility index (Phi) is 3.01. The molecule has 0 aromatic heterocycles. The molecule has 3 heteroatoms. The molecule has 17 heavy (non-hydrogen) atoms. The van der Waals surface area contributed by atoms with Crippen molar-refractivity contribution in [3.63, 3.8) is 0 Å². The zero-order valence-corrected chi connectivity index (χ0v) is 10.8. The third kappa shape index (κ3) is 2.58. The van der Waals surface area contributed by atoms with E-state index in [1.165, 1.54) is 37.9 Å². The summed E-state index contributed by atoms with van der Waals surface area (Å²) in [5.41, 5.74) is 7.95. The molecule has 2 nitrogen and oxygen atoms in total. The van der Waals surface area contributed by atoms with Crippen LogP contribution in [0.25, 0.3) is 0 Å². The van der Waals surface area contributed by atoms with Crippen LogP contribution in [0, 0.1) is 5.92 Å². The summed E-state index contributed by atoms with van der Waals surface area (Å²) in [5.74, 6) is 0.904. The van der Waals surface area contributed by atoms with Gasteiger partial charge in [-0.05, 0) is 49.3 Å². The Labute approximate surface area is 108 Å². The van der Waals surface area contributed by atoms with Crippen LogP contribution in [0.1, 0.15) is 31.2 Å². The third-order valence-corrected chi connectivity index (χ3v) is 4.00. The molecular weight excluding hydrogens is 232 g/mol. The van der Waals surface area contributed by atoms with E-state index in [2.05, 4.69) is 17.0 Å². The number of nitrogens with two attached hydrogens (primary N) is 1. The van der Waals surface area contributed by atoms with E-state index < -0.39 is 0 Å². The van der Waals surface area contributed by atoms with Gasteiger partial charge in [-0.15, -0.1) is 0 Å². The van der Waals surface area contributed by atoms with Gasteiger partial charge in [0.15, 0.2) is 0 Å². The molecule has 0 bridgehead atoms. The standard InChI is InChI=1S/C14H19ClN2/c15-13-7-11(8-16)3-6-14(13)17(12-4-5-12)9-10-1-2-10/h3,6-7,10,12H,1-2,4-5,8-9,16H2. The smallest absolute Gasteiger partial charge is 0.0642 e. The molecule has 0 saturated heterocycles. The number of anilines is 1. The van der Waals surface area contributed by atoms with E-state index in [4.69, 9.17) is 17.3 Å². The molecule has 2 aliphatic rings. The summed E-state index contributed by atoms with van der Waals surface area (Å²) < 4.78 is 0. The van der Waals surface area contributed by atoms with Gasteiger partial charge in [0.05, 0.1) is 10.7 Å². The van der Waals surface area contributed by atoms with Crippen molar-refractivity contribution < 1.29 is 0 Å². The maximum Gasteiger partial charge on any atom is 0.0642 e. The first kappa shape index (κ1) is 11.4. The Morgan fingerprint density at radius 3 is 2.53 bits per heavy atom. The largest absolute Gasteiger partial charge is 0.367 e. The summed E-state index contributed by atoms with van der Waals surface area (Å²) >= 11 is 6.38. The fraction of sp³-hybridized carbons (Fsp3) is 0.571. The fourth-order valence-electron chi connectivity index (χ4n) is 2.32. The monoisotopic (exact) mass is 250 g/mol. The van der Waals surface area contributed by atoms with E-state index in [-0.39, 0.29) is 0 Å². The quantitative estimate of drug-likeness (QED) is 0.870. The molecule has 2 saturated carbocycles. The lowest BCUT2D eigenvalue weighted by Gasteiger charge is -2.26. The summed E-state index contributed by atoms with van der Waals surface area (Å²) in [7, 11) is 0. The minimum atomic E-state index is 0.562. The minimum absolute atomic E-state index is 0.562. The lowest BCUT2D eigenvalue weighted by atomic mass is 10.2. The molecule has 0 unspecified atom stereocenters. The zero-order valence-electron chi connectivity index (χ0n) is 10.0. The summed E-state index contributed by atoms with van der Waals surface area (Å²) in [6.45, 7) is 1.75. The van der Waals surface area contributed by atoms with Gasteiger partial charge in [0.25, 0.3) is 0 Å². The molecule has 0 atom stereocenters. The van der Waals surface area contributed by atoms with Crippen molar-refractivity contribution in [3.8, 4) is 0 Å². The third-order valence-electron chi connectivity index (χ3n) is 3.70. The average Bonchev–Trinajstić information content (AvgIpc) is 3.18. The molecule has 3 rings (SSSR count). The highest BCUT2D eigenvalue weighted by Crippen LogP contribution is 2.40. The fourth-order valence-corrected chi connectivity index (χ4v) is 2.63. The Bertz CT molecular complexity index is 411. The number of halogens is 1. The van der Waals surface area contributed by atoms with Crippen LogP contribution in [0.5, 0.6) is 0 Å². The molecule has 0 radical (unpaired) electrons. The van der Waals surface area contributed by atoms with Crippen molar-refractivity contribution in [2.24, 2.45) is 11.7 Å². The van der Waals surface area contributed by atoms with Crippen LogP contribution >= 0.6 is 11.6 Å². The van der Waals surface area contributed by atoms with Gasteiger partial charge >= 0.3 is 0 Å². The van der Waals surface area contributed by atoms with Gasteiger partial charge in [-0.2, -0.15) is 0 Å². The molecule has 1 aromatic carbocycles. The number of hydrogen-bond donors (Lipinski definition) is 1. The van der Waals surface area contributed by atoms with Crippen LogP contribution in [0.3, 0.4) is 0 Å². The Balaban J connectivity index is 1.83. The van der Waals surface area contributed by atoms with Crippen molar-refractivity contribution in [3.05, 3.63) is 28.8 Å². The van der Waals surface area contributed by atoms with Gasteiger partial charge in [-0.3, -0.25) is 0 Å². The second-order valence-corrected chi connectivity index (χ2v) is 5.72. The van der Waals surface area contributed by atoms with E-state index in [9.17, 15) is 0 Å². The number of rotatable bonds is 5. The van der Waals surface area contributed by atoms with Gasteiger partial charge in [-0.25, -0.2) is 0 Å². The summed E-state index contributed by atoms with van der Waals surface area (Å²) in [4.78, 5) is 2.51. The first-order chi connectivity index (χ1) is 8.28. The summed E-state index contributed by atoms with van der Waals surface area (Å²) in [6, 6.07) is 6.99. The second kappa shape index (κ2) is 4.51. The van der Waals surface area contributed by atoms with Gasteiger partial charge in [-0.1, -0.05) is 17.7 Å². The minimum Gasteiger partial charge on any atom is -0.367 e. The Morgan fingerprint density at radius 1 is 1.24 bits per heavy atom. The van der Waals surface area contributed by atoms with Gasteiger partial charge in [0.2, 0.25) is 0 Å². The van der Waals surface area contributed by atoms with Gasteiger partial charge in [0.1, 0.15) is 0 Å². The molecule has 0 amide bonds. The van der Waals surface area contributed by atoms with Gasteiger partial charge < -0.3 is 10.6 Å². The number of nitrogens with zero attached hydrogens (tertiary/aromatic N) is 1. The van der Waals surface area contributed by atoms with E-state index in [1.807, 2.05) is 6.07 Å². The van der Waals surface area contributed by atoms with E-state index in [0.29, 0.717) is 6.54 Å². The maximum absolute atomic E-state index is 6.38. The van der Waals surface area contributed by atoms with Crippen LogP contribution in [-0.2, 0) is 6.54 Å². The summed E-state index contributed by atoms with van der Waals surface area (Å²) in [6.07, 6.45) is 5.42. The lowest BCUT2D eigenvalue weighted by Crippen LogP contribution is -2.28. The highest BCUT2D eigenvalue weighted by molar-refractivity contribution is 6.33. The second-order valence-electron chi connectivity index (χ2n) is 5.32. The topological polar surface area (TPSA) is 29.3 Å². The summed E-state index contributed by atoms with van der Waals surface area (Å²) in [5, 5.41) is 0.862. The molecular formula is C14H19ClN2. The first-order valence-corrected chi connectivity index (χ1v) is 6.91. The maximum atomic E-state index is 6.38. The van der Waals surface area contributed by atoms with Crippen LogP contribution in [0.4, 0.5) is 5.69 Å². The van der Waals surface area contributed by atoms with Crippen molar-refractivity contribution >= 4 is 17.3 Å².